The lowest BCUT2D eigenvalue weighted by atomic mass is 9.92. The number of pyridine rings is 2. The fourth-order valence-electron chi connectivity index (χ4n) is 5.01. The Labute approximate surface area is 241 Å². The number of aryl methyl sites for hydroxylation is 1. The summed E-state index contributed by atoms with van der Waals surface area (Å²) in [5.74, 6) is 0.137. The molecule has 2 aromatic heterocycles. The van der Waals surface area contributed by atoms with Crippen molar-refractivity contribution < 1.29 is 28.8 Å². The normalized spacial score (nSPS) is 10.9. The van der Waals surface area contributed by atoms with Crippen LogP contribution in [-0.4, -0.2) is 42.0 Å². The molecule has 3 N–H and O–H groups in total. The van der Waals surface area contributed by atoms with Gasteiger partial charge in [-0.1, -0.05) is 6.07 Å². The number of nitrogens with zero attached hydrogens (tertiary/aromatic N) is 2. The fourth-order valence-corrected chi connectivity index (χ4v) is 5.01. The van der Waals surface area contributed by atoms with Gasteiger partial charge in [0.05, 0.1) is 32.4 Å². The van der Waals surface area contributed by atoms with Gasteiger partial charge in [-0.05, 0) is 78.7 Å². The number of methoxy groups -OCH3 is 3. The van der Waals surface area contributed by atoms with Crippen molar-refractivity contribution in [3.63, 3.8) is 0 Å². The van der Waals surface area contributed by atoms with Crippen LogP contribution >= 0.6 is 0 Å². The first kappa shape index (κ1) is 28.0. The highest BCUT2D eigenvalue weighted by atomic mass is 16.5. The number of nitrogens with two attached hydrogens (primary N) is 1. The second-order valence-corrected chi connectivity index (χ2v) is 9.45. The number of aromatic carboxylic acids is 1. The Hall–Kier alpha value is -5.51. The van der Waals surface area contributed by atoms with Crippen LogP contribution in [0.1, 0.15) is 21.7 Å². The fraction of sp³-hybridized carbons (Fsp3) is 0.156. The molecule has 3 aromatic carbocycles. The van der Waals surface area contributed by atoms with E-state index in [1.54, 1.807) is 61.7 Å². The number of benzene rings is 3. The summed E-state index contributed by atoms with van der Waals surface area (Å²) in [7, 11) is 4.43. The number of anilines is 1. The highest BCUT2D eigenvalue weighted by molar-refractivity contribution is 6.08. The first-order valence-electron chi connectivity index (χ1n) is 12.9. The average molecular weight is 568 g/mol. The van der Waals surface area contributed by atoms with Gasteiger partial charge in [0.2, 0.25) is 5.75 Å². The van der Waals surface area contributed by atoms with E-state index in [4.69, 9.17) is 24.7 Å². The first-order valence-corrected chi connectivity index (χ1v) is 12.9. The summed E-state index contributed by atoms with van der Waals surface area (Å²) in [6.07, 6.45) is 1.67. The molecule has 0 saturated heterocycles. The lowest BCUT2D eigenvalue weighted by Gasteiger charge is -2.21. The number of aromatic nitrogens is 2. The molecule has 0 radical (unpaired) electrons. The van der Waals surface area contributed by atoms with Crippen LogP contribution in [0.4, 0.5) is 5.69 Å². The first-order chi connectivity index (χ1) is 20.3. The zero-order valence-electron chi connectivity index (χ0n) is 23.5. The van der Waals surface area contributed by atoms with Gasteiger partial charge in [-0.15, -0.1) is 0 Å². The van der Waals surface area contributed by atoms with Gasteiger partial charge in [-0.3, -0.25) is 14.3 Å². The molecule has 0 fully saturated rings. The third-order valence-corrected chi connectivity index (χ3v) is 6.87. The van der Waals surface area contributed by atoms with Gasteiger partial charge in [0.15, 0.2) is 11.5 Å². The molecule has 0 unspecified atom stereocenters. The summed E-state index contributed by atoms with van der Waals surface area (Å²) >= 11 is 0. The van der Waals surface area contributed by atoms with E-state index in [1.807, 2.05) is 18.2 Å². The molecule has 0 saturated carbocycles. The summed E-state index contributed by atoms with van der Waals surface area (Å²) < 4.78 is 23.8. The third-order valence-electron chi connectivity index (χ3n) is 6.87. The van der Waals surface area contributed by atoms with Gasteiger partial charge < -0.3 is 29.8 Å². The predicted molar refractivity (Wildman–Crippen MR) is 159 cm³/mol. The molecular weight excluding hydrogens is 538 g/mol. The van der Waals surface area contributed by atoms with E-state index in [0.29, 0.717) is 62.1 Å². The van der Waals surface area contributed by atoms with Crippen LogP contribution in [0.2, 0.25) is 0 Å². The van der Waals surface area contributed by atoms with Crippen molar-refractivity contribution in [2.75, 3.05) is 27.1 Å². The molecule has 2 heterocycles. The average Bonchev–Trinajstić information content (AvgIpc) is 3.00. The number of ether oxygens (including phenoxy) is 4. The molecular formula is C32H29N3O7. The van der Waals surface area contributed by atoms with Crippen LogP contribution in [0.15, 0.2) is 77.7 Å². The topological polar surface area (TPSA) is 135 Å². The zero-order chi connectivity index (χ0) is 30.0. The molecule has 5 rings (SSSR count). The van der Waals surface area contributed by atoms with Crippen molar-refractivity contribution >= 4 is 22.4 Å². The number of rotatable bonds is 9. The number of nitrogen functional groups attached to an aromatic ring is 1. The number of hydrogen-bond acceptors (Lipinski definition) is 8. The summed E-state index contributed by atoms with van der Waals surface area (Å²) in [6, 6.07) is 18.6. The van der Waals surface area contributed by atoms with E-state index < -0.39 is 11.5 Å². The van der Waals surface area contributed by atoms with Gasteiger partial charge in [0, 0.05) is 28.5 Å². The summed E-state index contributed by atoms with van der Waals surface area (Å²) in [6.45, 7) is 1.99. The van der Waals surface area contributed by atoms with E-state index in [0.717, 1.165) is 0 Å². The minimum atomic E-state index is -1.30. The van der Waals surface area contributed by atoms with E-state index in [1.165, 1.54) is 25.9 Å². The number of fused-ring (bicyclic) bond motifs is 1. The Balaban J connectivity index is 1.88. The van der Waals surface area contributed by atoms with E-state index in [9.17, 15) is 14.7 Å². The van der Waals surface area contributed by atoms with Gasteiger partial charge in [0.25, 0.3) is 5.56 Å². The minimum absolute atomic E-state index is 0.185. The monoisotopic (exact) mass is 567 g/mol. The maximum absolute atomic E-state index is 14.2. The highest BCUT2D eigenvalue weighted by Gasteiger charge is 2.27. The lowest BCUT2D eigenvalue weighted by Crippen LogP contribution is -2.26. The van der Waals surface area contributed by atoms with E-state index in [-0.39, 0.29) is 17.7 Å². The maximum atomic E-state index is 14.2. The van der Waals surface area contributed by atoms with Gasteiger partial charge >= 0.3 is 5.97 Å². The van der Waals surface area contributed by atoms with E-state index in [2.05, 4.69) is 4.98 Å². The molecule has 0 amide bonds. The number of carboxylic acids is 1. The van der Waals surface area contributed by atoms with Crippen LogP contribution in [0.5, 0.6) is 23.0 Å². The van der Waals surface area contributed by atoms with Crippen molar-refractivity contribution in [2.45, 2.75) is 13.5 Å². The number of carbonyl (C=O) groups is 1. The SMILES string of the molecule is COc1cc(-c2c(C(=O)O)n(-c3ccc(N)cc3)c(=O)c3cc(OCc4ccccn4)cc(C)c23)cc(OC)c1OC. The second kappa shape index (κ2) is 11.5. The molecule has 214 valence electrons. The Kier molecular flexibility index (Phi) is 7.70. The Morgan fingerprint density at radius 2 is 1.64 bits per heavy atom. The van der Waals surface area contributed by atoms with Crippen molar-refractivity contribution in [1.82, 2.24) is 9.55 Å². The number of hydrogen-bond donors (Lipinski definition) is 2. The highest BCUT2D eigenvalue weighted by Crippen LogP contribution is 2.44. The smallest absolute Gasteiger partial charge is 0.353 e. The van der Waals surface area contributed by atoms with Crippen LogP contribution in [0, 0.1) is 6.92 Å². The quantitative estimate of drug-likeness (QED) is 0.229. The molecule has 0 aliphatic heterocycles. The Morgan fingerprint density at radius 3 is 2.21 bits per heavy atom. The maximum Gasteiger partial charge on any atom is 0.353 e. The molecule has 0 aliphatic carbocycles. The van der Waals surface area contributed by atoms with Crippen molar-refractivity contribution in [2.24, 2.45) is 0 Å². The van der Waals surface area contributed by atoms with Gasteiger partial charge in [-0.25, -0.2) is 4.79 Å². The van der Waals surface area contributed by atoms with Gasteiger partial charge in [0.1, 0.15) is 18.1 Å². The van der Waals surface area contributed by atoms with Crippen molar-refractivity contribution in [1.29, 1.82) is 0 Å². The number of carboxylic acid groups (broad SMARTS) is 1. The largest absolute Gasteiger partial charge is 0.493 e. The molecule has 5 aromatic rings. The molecule has 10 heteroatoms. The zero-order valence-corrected chi connectivity index (χ0v) is 23.5. The van der Waals surface area contributed by atoms with Crippen LogP contribution in [0.3, 0.4) is 0 Å². The summed E-state index contributed by atoms with van der Waals surface area (Å²) in [4.78, 5) is 31.5. The predicted octanol–water partition coefficient (Wildman–Crippen LogP) is 5.25. The van der Waals surface area contributed by atoms with Crippen molar-refractivity contribution in [3.05, 3.63) is 100 Å². The molecule has 10 nitrogen and oxygen atoms in total. The van der Waals surface area contributed by atoms with E-state index >= 15 is 0 Å². The van der Waals surface area contributed by atoms with Crippen LogP contribution < -0.4 is 30.2 Å². The van der Waals surface area contributed by atoms with Crippen molar-refractivity contribution in [3.8, 4) is 39.8 Å². The lowest BCUT2D eigenvalue weighted by molar-refractivity contribution is 0.0688. The Morgan fingerprint density at radius 1 is 0.952 bits per heavy atom. The summed E-state index contributed by atoms with van der Waals surface area (Å²) in [5, 5.41) is 11.3. The molecule has 0 spiro atoms. The molecule has 42 heavy (non-hydrogen) atoms. The standard InChI is InChI=1S/C32H29N3O7/c1-18-13-23(42-17-21-7-5-6-12-34-21)16-24-27(18)28(19-14-25(39-2)30(41-4)26(15-19)40-3)29(32(37)38)35(31(24)36)22-10-8-20(33)9-11-22/h5-16H,17,33H2,1-4H3,(H,37,38). The van der Waals surface area contributed by atoms with Crippen LogP contribution in [-0.2, 0) is 6.61 Å². The van der Waals surface area contributed by atoms with Gasteiger partial charge in [-0.2, -0.15) is 0 Å². The molecule has 0 atom stereocenters. The minimum Gasteiger partial charge on any atom is -0.493 e. The van der Waals surface area contributed by atoms with Crippen LogP contribution in [0.25, 0.3) is 27.6 Å². The Bertz CT molecular complexity index is 1820. The summed E-state index contributed by atoms with van der Waals surface area (Å²) in [5.41, 5.74) is 8.02. The second-order valence-electron chi connectivity index (χ2n) is 9.45. The third kappa shape index (κ3) is 5.05. The molecule has 0 aliphatic rings. The molecule has 0 bridgehead atoms.